The smallest absolute Gasteiger partial charge is 0.347 e. The van der Waals surface area contributed by atoms with Crippen molar-refractivity contribution < 1.29 is 23.8 Å². The predicted molar refractivity (Wildman–Crippen MR) is 88.6 cm³/mol. The Bertz CT molecular complexity index is 792. The number of nitrogens with one attached hydrogen (secondary N) is 1. The molecule has 1 unspecified atom stereocenters. The number of H-pyrrole nitrogens is 1. The van der Waals surface area contributed by atoms with Crippen LogP contribution in [0, 0.1) is 0 Å². The molecule has 0 radical (unpaired) electrons. The molecule has 1 aromatic heterocycles. The predicted octanol–water partition coefficient (Wildman–Crippen LogP) is 1.56. The number of carbonyl (C=O) groups is 2. The van der Waals surface area contributed by atoms with Gasteiger partial charge >= 0.3 is 5.97 Å². The van der Waals surface area contributed by atoms with Gasteiger partial charge in [-0.15, -0.1) is 0 Å². The van der Waals surface area contributed by atoms with Crippen LogP contribution in [0.5, 0.6) is 11.5 Å². The van der Waals surface area contributed by atoms with Gasteiger partial charge < -0.3 is 19.9 Å². The van der Waals surface area contributed by atoms with Gasteiger partial charge in [-0.2, -0.15) is 15.4 Å². The number of carbonyl (C=O) groups excluding carboxylic acids is 2. The zero-order chi connectivity index (χ0) is 18.6. The molecule has 3 N–H and O–H groups in total. The summed E-state index contributed by atoms with van der Waals surface area (Å²) in [6, 6.07) is 3.05. The van der Waals surface area contributed by atoms with Gasteiger partial charge in [-0.05, 0) is 26.0 Å². The van der Waals surface area contributed by atoms with Gasteiger partial charge in [0.2, 0.25) is 0 Å². The molecular weight excluding hydrogens is 352 g/mol. The van der Waals surface area contributed by atoms with Crippen LogP contribution in [0.15, 0.2) is 12.1 Å². The molecule has 2 rings (SSSR count). The van der Waals surface area contributed by atoms with Gasteiger partial charge in [0.05, 0.1) is 18.7 Å². The topological polar surface area (TPSA) is 129 Å². The molecule has 1 atom stereocenters. The maximum atomic E-state index is 11.7. The average molecular weight is 369 g/mol. The first-order valence-corrected chi connectivity index (χ1v) is 7.68. The number of halogens is 1. The molecule has 10 heteroatoms. The van der Waals surface area contributed by atoms with E-state index in [-0.39, 0.29) is 34.5 Å². The number of amides is 1. The summed E-state index contributed by atoms with van der Waals surface area (Å²) in [4.78, 5) is 23.1. The number of hydrogen-bond donors (Lipinski definition) is 2. The molecule has 0 aliphatic carbocycles. The van der Waals surface area contributed by atoms with Crippen LogP contribution in [0.2, 0.25) is 5.02 Å². The van der Waals surface area contributed by atoms with Gasteiger partial charge in [0.25, 0.3) is 5.91 Å². The van der Waals surface area contributed by atoms with E-state index in [9.17, 15) is 9.59 Å². The van der Waals surface area contributed by atoms with E-state index in [1.165, 1.54) is 20.1 Å². The summed E-state index contributed by atoms with van der Waals surface area (Å²) >= 11 is 6.26. The zero-order valence-electron chi connectivity index (χ0n) is 13.8. The molecule has 0 saturated carbocycles. The number of primary amides is 1. The second-order valence-corrected chi connectivity index (χ2v) is 5.29. The highest BCUT2D eigenvalue weighted by Gasteiger charge is 2.23. The number of esters is 1. The van der Waals surface area contributed by atoms with Gasteiger partial charge in [-0.25, -0.2) is 4.79 Å². The van der Waals surface area contributed by atoms with Crippen molar-refractivity contribution in [1.82, 2.24) is 15.4 Å². The fourth-order valence-electron chi connectivity index (χ4n) is 2.06. The number of rotatable bonds is 7. The van der Waals surface area contributed by atoms with Crippen LogP contribution in [0.1, 0.15) is 24.3 Å². The number of benzene rings is 1. The van der Waals surface area contributed by atoms with Gasteiger partial charge in [0.1, 0.15) is 5.69 Å². The number of aromatic nitrogens is 3. The Balaban J connectivity index is 2.40. The Morgan fingerprint density at radius 1 is 1.36 bits per heavy atom. The summed E-state index contributed by atoms with van der Waals surface area (Å²) in [6.45, 7) is 3.46. The third-order valence-corrected chi connectivity index (χ3v) is 3.48. The van der Waals surface area contributed by atoms with Crippen LogP contribution in [-0.4, -0.2) is 47.1 Å². The second kappa shape index (κ2) is 7.84. The van der Waals surface area contributed by atoms with E-state index in [0.29, 0.717) is 5.56 Å². The van der Waals surface area contributed by atoms with Crippen LogP contribution in [0.3, 0.4) is 0 Å². The lowest BCUT2D eigenvalue weighted by Crippen LogP contribution is -2.26. The highest BCUT2D eigenvalue weighted by molar-refractivity contribution is 6.32. The molecule has 0 bridgehead atoms. The Labute approximate surface area is 148 Å². The molecule has 0 saturated heterocycles. The van der Waals surface area contributed by atoms with E-state index >= 15 is 0 Å². The number of hydrogen-bond acceptors (Lipinski definition) is 7. The minimum atomic E-state index is -0.884. The maximum absolute atomic E-state index is 11.7. The van der Waals surface area contributed by atoms with Crippen LogP contribution in [-0.2, 0) is 9.53 Å². The van der Waals surface area contributed by atoms with E-state index in [1.54, 1.807) is 13.0 Å². The number of aromatic amines is 1. The zero-order valence-corrected chi connectivity index (χ0v) is 14.6. The lowest BCUT2D eigenvalue weighted by atomic mass is 10.1. The molecule has 2 aromatic rings. The van der Waals surface area contributed by atoms with E-state index < -0.39 is 18.0 Å². The van der Waals surface area contributed by atoms with Crippen molar-refractivity contribution >= 4 is 23.5 Å². The first-order chi connectivity index (χ1) is 11.9. The van der Waals surface area contributed by atoms with Crippen LogP contribution in [0.25, 0.3) is 11.3 Å². The minimum absolute atomic E-state index is 0.0355. The summed E-state index contributed by atoms with van der Waals surface area (Å²) in [5.41, 5.74) is 5.89. The van der Waals surface area contributed by atoms with Gasteiger partial charge in [0.15, 0.2) is 23.3 Å². The van der Waals surface area contributed by atoms with Gasteiger partial charge in [0, 0.05) is 5.56 Å². The number of methoxy groups -OCH3 is 1. The summed E-state index contributed by atoms with van der Waals surface area (Å²) in [5, 5.41) is 10.1. The highest BCUT2D eigenvalue weighted by atomic mass is 35.5. The average Bonchev–Trinajstić information content (AvgIpc) is 3.06. The molecule has 0 fully saturated rings. The molecule has 25 heavy (non-hydrogen) atoms. The summed E-state index contributed by atoms with van der Waals surface area (Å²) in [5.74, 6) is -0.859. The van der Waals surface area contributed by atoms with E-state index in [4.69, 9.17) is 31.5 Å². The second-order valence-electron chi connectivity index (χ2n) is 4.89. The van der Waals surface area contributed by atoms with Crippen LogP contribution < -0.4 is 15.2 Å². The van der Waals surface area contributed by atoms with Crippen molar-refractivity contribution in [1.29, 1.82) is 0 Å². The summed E-state index contributed by atoms with van der Waals surface area (Å²) in [7, 11) is 1.41. The molecule has 134 valence electrons. The van der Waals surface area contributed by atoms with Crippen molar-refractivity contribution in [3.8, 4) is 22.8 Å². The normalized spacial score (nSPS) is 11.7. The number of nitrogens with zero attached hydrogens (tertiary/aromatic N) is 2. The fourth-order valence-corrected chi connectivity index (χ4v) is 2.31. The quantitative estimate of drug-likeness (QED) is 0.709. The van der Waals surface area contributed by atoms with E-state index in [0.717, 1.165) is 0 Å². The molecule has 1 heterocycles. The molecule has 0 aliphatic rings. The molecule has 9 nitrogen and oxygen atoms in total. The first-order valence-electron chi connectivity index (χ1n) is 7.30. The minimum Gasteiger partial charge on any atom is -0.493 e. The van der Waals surface area contributed by atoms with Crippen molar-refractivity contribution in [3.63, 3.8) is 0 Å². The molecule has 0 aliphatic heterocycles. The summed E-state index contributed by atoms with van der Waals surface area (Å²) < 4.78 is 15.7. The van der Waals surface area contributed by atoms with Crippen LogP contribution in [0.4, 0.5) is 0 Å². The molecule has 0 spiro atoms. The first kappa shape index (κ1) is 18.5. The SMILES string of the molecule is CCOC(=O)C(C)Oc1c(Cl)cc(-c2n[nH]nc2C(N)=O)cc1OC. The number of nitrogens with two attached hydrogens (primary N) is 1. The Kier molecular flexibility index (Phi) is 5.81. The van der Waals surface area contributed by atoms with Crippen molar-refractivity contribution in [3.05, 3.63) is 22.8 Å². The lowest BCUT2D eigenvalue weighted by Gasteiger charge is -2.17. The Hall–Kier alpha value is -2.81. The number of ether oxygens (including phenoxy) is 3. The lowest BCUT2D eigenvalue weighted by molar-refractivity contribution is -0.150. The summed E-state index contributed by atoms with van der Waals surface area (Å²) in [6.07, 6.45) is -0.884. The monoisotopic (exact) mass is 368 g/mol. The molecule has 1 amide bonds. The fraction of sp³-hybridized carbons (Fsp3) is 0.333. The van der Waals surface area contributed by atoms with Crippen LogP contribution >= 0.6 is 11.6 Å². The van der Waals surface area contributed by atoms with Gasteiger partial charge in [-0.3, -0.25) is 4.79 Å². The van der Waals surface area contributed by atoms with Crippen molar-refractivity contribution in [2.45, 2.75) is 20.0 Å². The molecular formula is C15H17ClN4O5. The van der Waals surface area contributed by atoms with E-state index in [2.05, 4.69) is 15.4 Å². The Morgan fingerprint density at radius 3 is 2.68 bits per heavy atom. The third kappa shape index (κ3) is 4.00. The third-order valence-electron chi connectivity index (χ3n) is 3.20. The van der Waals surface area contributed by atoms with Crippen molar-refractivity contribution in [2.75, 3.05) is 13.7 Å². The maximum Gasteiger partial charge on any atom is 0.347 e. The van der Waals surface area contributed by atoms with Gasteiger partial charge in [-0.1, -0.05) is 11.6 Å². The largest absolute Gasteiger partial charge is 0.493 e. The highest BCUT2D eigenvalue weighted by Crippen LogP contribution is 2.40. The molecule has 1 aromatic carbocycles. The van der Waals surface area contributed by atoms with Crippen molar-refractivity contribution in [2.24, 2.45) is 5.73 Å². The van der Waals surface area contributed by atoms with E-state index in [1.807, 2.05) is 0 Å². The standard InChI is InChI=1S/C15H17ClN4O5/c1-4-24-15(22)7(2)25-13-9(16)5-8(6-10(13)23-3)11-12(14(17)21)19-20-18-11/h5-7H,4H2,1-3H3,(H2,17,21)(H,18,19,20). The Morgan fingerprint density at radius 2 is 2.08 bits per heavy atom.